The first-order valence-corrected chi connectivity index (χ1v) is 3.67. The van der Waals surface area contributed by atoms with Gasteiger partial charge >= 0.3 is 0 Å². The van der Waals surface area contributed by atoms with E-state index in [9.17, 15) is 0 Å². The molecule has 1 rings (SSSR count). The fourth-order valence-corrected chi connectivity index (χ4v) is 0.765. The number of aromatic nitrogens is 1. The van der Waals surface area contributed by atoms with Gasteiger partial charge in [0, 0.05) is 19.3 Å². The summed E-state index contributed by atoms with van der Waals surface area (Å²) in [5.41, 5.74) is 5.85. The molecule has 0 radical (unpaired) electrons. The van der Waals surface area contributed by atoms with E-state index < -0.39 is 0 Å². The maximum absolute atomic E-state index is 8.47. The Balaban J connectivity index is 0.00000144. The topological polar surface area (TPSA) is 74.7 Å². The second-order valence-corrected chi connectivity index (χ2v) is 2.26. The minimum absolute atomic E-state index is 0. The van der Waals surface area contributed by atoms with Crippen molar-refractivity contribution >= 4 is 18.2 Å². The Morgan fingerprint density at radius 1 is 1.54 bits per heavy atom. The number of rotatable bonds is 3. The third kappa shape index (κ3) is 3.74. The Labute approximate surface area is 83.2 Å². The van der Waals surface area contributed by atoms with Gasteiger partial charge in [-0.1, -0.05) is 0 Å². The summed E-state index contributed by atoms with van der Waals surface area (Å²) in [6.07, 6.45) is 1.53. The lowest BCUT2D eigenvalue weighted by atomic mass is 10.3. The molecular formula is C8H11ClN4. The first kappa shape index (κ1) is 11.7. The number of hydrogen-bond acceptors (Lipinski definition) is 4. The third-order valence-corrected chi connectivity index (χ3v) is 1.34. The largest absolute Gasteiger partial charge is 0.369 e. The zero-order valence-electron chi connectivity index (χ0n) is 7.03. The summed E-state index contributed by atoms with van der Waals surface area (Å²) in [6, 6.07) is 5.47. The summed E-state index contributed by atoms with van der Waals surface area (Å²) in [6.45, 7) is 1.26. The molecule has 0 aliphatic heterocycles. The summed E-state index contributed by atoms with van der Waals surface area (Å²) in [4.78, 5) is 4.00. The van der Waals surface area contributed by atoms with Crippen molar-refractivity contribution in [3.63, 3.8) is 0 Å². The number of pyridine rings is 1. The molecule has 70 valence electrons. The van der Waals surface area contributed by atoms with E-state index in [1.54, 1.807) is 12.1 Å². The third-order valence-electron chi connectivity index (χ3n) is 1.34. The van der Waals surface area contributed by atoms with Crippen LogP contribution in [0, 0.1) is 11.3 Å². The van der Waals surface area contributed by atoms with Crippen LogP contribution in [0.3, 0.4) is 0 Å². The molecule has 0 atom stereocenters. The Hall–Kier alpha value is -1.31. The van der Waals surface area contributed by atoms with E-state index in [1.165, 1.54) is 6.20 Å². The molecule has 0 bridgehead atoms. The van der Waals surface area contributed by atoms with Gasteiger partial charge < -0.3 is 11.1 Å². The van der Waals surface area contributed by atoms with Crippen LogP contribution in [0.2, 0.25) is 0 Å². The molecule has 3 N–H and O–H groups in total. The van der Waals surface area contributed by atoms with Crippen molar-refractivity contribution in [3.05, 3.63) is 23.9 Å². The van der Waals surface area contributed by atoms with Gasteiger partial charge in [0.05, 0.1) is 5.56 Å². The maximum Gasteiger partial charge on any atom is 0.126 e. The number of anilines is 1. The highest BCUT2D eigenvalue weighted by molar-refractivity contribution is 5.85. The van der Waals surface area contributed by atoms with Crippen molar-refractivity contribution in [2.45, 2.75) is 0 Å². The molecule has 0 fully saturated rings. The lowest BCUT2D eigenvalue weighted by Gasteiger charge is -2.01. The molecule has 0 amide bonds. The monoisotopic (exact) mass is 198 g/mol. The first-order chi connectivity index (χ1) is 5.86. The van der Waals surface area contributed by atoms with Crippen molar-refractivity contribution in [1.82, 2.24) is 4.98 Å². The molecule has 0 aromatic carbocycles. The zero-order chi connectivity index (χ0) is 8.81. The van der Waals surface area contributed by atoms with Crippen LogP contribution in [0.1, 0.15) is 5.56 Å². The summed E-state index contributed by atoms with van der Waals surface area (Å²) in [5.74, 6) is 0.749. The summed E-state index contributed by atoms with van der Waals surface area (Å²) < 4.78 is 0. The average molecular weight is 199 g/mol. The van der Waals surface area contributed by atoms with Crippen molar-refractivity contribution in [3.8, 4) is 6.07 Å². The molecule has 1 aromatic rings. The van der Waals surface area contributed by atoms with Crippen LogP contribution in [0.25, 0.3) is 0 Å². The van der Waals surface area contributed by atoms with Crippen molar-refractivity contribution in [2.24, 2.45) is 5.73 Å². The predicted octanol–water partition coefficient (Wildman–Crippen LogP) is 0.746. The summed E-state index contributed by atoms with van der Waals surface area (Å²) in [7, 11) is 0. The number of nitrogens with zero attached hydrogens (tertiary/aromatic N) is 2. The molecule has 0 aliphatic carbocycles. The highest BCUT2D eigenvalue weighted by Gasteiger charge is 1.92. The molecule has 1 aromatic heterocycles. The molecule has 1 heterocycles. The van der Waals surface area contributed by atoms with Crippen molar-refractivity contribution in [1.29, 1.82) is 5.26 Å². The summed E-state index contributed by atoms with van der Waals surface area (Å²) >= 11 is 0. The van der Waals surface area contributed by atoms with E-state index in [0.29, 0.717) is 18.7 Å². The van der Waals surface area contributed by atoms with Gasteiger partial charge in [-0.05, 0) is 12.1 Å². The highest BCUT2D eigenvalue weighted by Crippen LogP contribution is 2.02. The van der Waals surface area contributed by atoms with Gasteiger partial charge in [0.2, 0.25) is 0 Å². The Bertz CT molecular complexity index is 277. The molecule has 0 spiro atoms. The average Bonchev–Trinajstić information content (AvgIpc) is 2.15. The van der Waals surface area contributed by atoms with E-state index in [1.807, 2.05) is 6.07 Å². The molecule has 0 aliphatic rings. The lowest BCUT2D eigenvalue weighted by Crippen LogP contribution is -2.13. The number of nitrogens with two attached hydrogens (primary N) is 1. The van der Waals surface area contributed by atoms with Crippen LogP contribution in [-0.2, 0) is 0 Å². The molecular weight excluding hydrogens is 188 g/mol. The molecule has 0 saturated heterocycles. The van der Waals surface area contributed by atoms with E-state index in [2.05, 4.69) is 10.3 Å². The fraction of sp³-hybridized carbons (Fsp3) is 0.250. The van der Waals surface area contributed by atoms with Gasteiger partial charge in [-0.3, -0.25) is 0 Å². The standard InChI is InChI=1S/C8H10N4.ClH/c9-3-4-11-8-2-1-7(5-10)6-12-8;/h1-2,6H,3-4,9H2,(H,11,12);1H. The number of hydrogen-bond donors (Lipinski definition) is 2. The van der Waals surface area contributed by atoms with E-state index in [0.717, 1.165) is 5.82 Å². The van der Waals surface area contributed by atoms with Crippen molar-refractivity contribution < 1.29 is 0 Å². The molecule has 13 heavy (non-hydrogen) atoms. The van der Waals surface area contributed by atoms with Gasteiger partial charge in [0.25, 0.3) is 0 Å². The van der Waals surface area contributed by atoms with Crippen LogP contribution in [0.4, 0.5) is 5.82 Å². The Kier molecular flexibility index (Phi) is 5.60. The minimum atomic E-state index is 0. The van der Waals surface area contributed by atoms with Gasteiger partial charge in [0.1, 0.15) is 11.9 Å². The number of nitrogens with one attached hydrogen (secondary N) is 1. The van der Waals surface area contributed by atoms with Crippen LogP contribution in [0.15, 0.2) is 18.3 Å². The normalized spacial score (nSPS) is 8.31. The summed E-state index contributed by atoms with van der Waals surface area (Å²) in [5, 5.41) is 11.5. The van der Waals surface area contributed by atoms with Crippen molar-refractivity contribution in [2.75, 3.05) is 18.4 Å². The van der Waals surface area contributed by atoms with E-state index in [4.69, 9.17) is 11.0 Å². The molecule has 0 unspecified atom stereocenters. The predicted molar refractivity (Wildman–Crippen MR) is 53.7 cm³/mol. The molecule has 5 heteroatoms. The van der Waals surface area contributed by atoms with Crippen LogP contribution < -0.4 is 11.1 Å². The first-order valence-electron chi connectivity index (χ1n) is 3.67. The molecule has 0 saturated carbocycles. The van der Waals surface area contributed by atoms with Gasteiger partial charge in [-0.25, -0.2) is 4.98 Å². The van der Waals surface area contributed by atoms with Crippen LogP contribution in [-0.4, -0.2) is 18.1 Å². The Morgan fingerprint density at radius 3 is 2.77 bits per heavy atom. The second kappa shape index (κ2) is 6.23. The van der Waals surface area contributed by atoms with Gasteiger partial charge in [0.15, 0.2) is 0 Å². The van der Waals surface area contributed by atoms with Crippen LogP contribution >= 0.6 is 12.4 Å². The lowest BCUT2D eigenvalue weighted by molar-refractivity contribution is 1.01. The van der Waals surface area contributed by atoms with Gasteiger partial charge in [-0.2, -0.15) is 5.26 Å². The van der Waals surface area contributed by atoms with Crippen LogP contribution in [0.5, 0.6) is 0 Å². The SMILES string of the molecule is Cl.N#Cc1ccc(NCCN)nc1. The smallest absolute Gasteiger partial charge is 0.126 e. The van der Waals surface area contributed by atoms with Gasteiger partial charge in [-0.15, -0.1) is 12.4 Å². The quantitative estimate of drug-likeness (QED) is 0.752. The fourth-order valence-electron chi connectivity index (χ4n) is 0.765. The minimum Gasteiger partial charge on any atom is -0.369 e. The van der Waals surface area contributed by atoms with E-state index in [-0.39, 0.29) is 12.4 Å². The Morgan fingerprint density at radius 2 is 2.31 bits per heavy atom. The maximum atomic E-state index is 8.47. The molecule has 4 nitrogen and oxygen atoms in total. The number of nitriles is 1. The zero-order valence-corrected chi connectivity index (χ0v) is 7.84. The second-order valence-electron chi connectivity index (χ2n) is 2.26. The van der Waals surface area contributed by atoms with E-state index >= 15 is 0 Å². The number of halogens is 1. The highest BCUT2D eigenvalue weighted by atomic mass is 35.5.